The Balaban J connectivity index is 1.32. The Labute approximate surface area is 194 Å². The fraction of sp³-hybridized carbons (Fsp3) is 0.231. The molecule has 0 bridgehead atoms. The van der Waals surface area contributed by atoms with Crippen LogP contribution in [0.1, 0.15) is 17.2 Å². The predicted molar refractivity (Wildman–Crippen MR) is 123 cm³/mol. The van der Waals surface area contributed by atoms with Crippen molar-refractivity contribution in [2.75, 3.05) is 26.2 Å². The van der Waals surface area contributed by atoms with E-state index in [2.05, 4.69) is 4.90 Å². The van der Waals surface area contributed by atoms with Gasteiger partial charge in [-0.2, -0.15) is 0 Å². The summed E-state index contributed by atoms with van der Waals surface area (Å²) in [6, 6.07) is 19.4. The van der Waals surface area contributed by atoms with Crippen molar-refractivity contribution in [2.45, 2.75) is 12.6 Å². The Morgan fingerprint density at radius 3 is 1.97 bits per heavy atom. The predicted octanol–water partition coefficient (Wildman–Crippen LogP) is 3.81. The zero-order valence-corrected chi connectivity index (χ0v) is 18.4. The standard InChI is InChI=1S/C26H23F2N3O3/c27-20-9-5-18(6-10-20)25(19-7-11-21(28)12-8-19)30-15-13-29(14-16-30)24(32)17-31-22-3-1-2-4-23(22)34-26(31)33/h1-12,25H,13-17H2. The summed E-state index contributed by atoms with van der Waals surface area (Å²) in [4.78, 5) is 29.1. The second kappa shape index (κ2) is 9.23. The lowest BCUT2D eigenvalue weighted by Gasteiger charge is -2.39. The number of halogens is 2. The van der Waals surface area contributed by atoms with Gasteiger partial charge in [-0.3, -0.25) is 14.3 Å². The van der Waals surface area contributed by atoms with E-state index >= 15 is 0 Å². The van der Waals surface area contributed by atoms with Gasteiger partial charge in [-0.15, -0.1) is 0 Å². The molecule has 5 rings (SSSR count). The highest BCUT2D eigenvalue weighted by Crippen LogP contribution is 2.30. The summed E-state index contributed by atoms with van der Waals surface area (Å²) >= 11 is 0. The van der Waals surface area contributed by atoms with Crippen molar-refractivity contribution in [2.24, 2.45) is 0 Å². The molecular weight excluding hydrogens is 440 g/mol. The molecule has 0 radical (unpaired) electrons. The summed E-state index contributed by atoms with van der Waals surface area (Å²) in [7, 11) is 0. The first kappa shape index (κ1) is 22.0. The van der Waals surface area contributed by atoms with Crippen LogP contribution in [0.15, 0.2) is 82.0 Å². The van der Waals surface area contributed by atoms with Gasteiger partial charge in [0.15, 0.2) is 5.58 Å². The van der Waals surface area contributed by atoms with Gasteiger partial charge in [0.1, 0.15) is 18.2 Å². The van der Waals surface area contributed by atoms with E-state index in [1.165, 1.54) is 28.8 Å². The van der Waals surface area contributed by atoms with E-state index in [0.29, 0.717) is 37.3 Å². The average molecular weight is 463 g/mol. The number of carbonyl (C=O) groups is 1. The second-order valence-electron chi connectivity index (χ2n) is 8.34. The van der Waals surface area contributed by atoms with Gasteiger partial charge in [0.25, 0.3) is 0 Å². The van der Waals surface area contributed by atoms with Gasteiger partial charge >= 0.3 is 5.76 Å². The van der Waals surface area contributed by atoms with Crippen molar-refractivity contribution >= 4 is 17.0 Å². The van der Waals surface area contributed by atoms with Crippen LogP contribution in [0.3, 0.4) is 0 Å². The topological polar surface area (TPSA) is 58.7 Å². The molecule has 6 nitrogen and oxygen atoms in total. The maximum absolute atomic E-state index is 13.5. The summed E-state index contributed by atoms with van der Waals surface area (Å²) in [5, 5.41) is 0. The van der Waals surface area contributed by atoms with E-state index < -0.39 is 5.76 Å². The highest BCUT2D eigenvalue weighted by atomic mass is 19.1. The third-order valence-corrected chi connectivity index (χ3v) is 6.27. The molecule has 1 aliphatic heterocycles. The van der Waals surface area contributed by atoms with Crippen LogP contribution >= 0.6 is 0 Å². The number of oxazole rings is 1. The lowest BCUT2D eigenvalue weighted by atomic mass is 9.96. The van der Waals surface area contributed by atoms with Crippen LogP contribution in [0.4, 0.5) is 8.78 Å². The Morgan fingerprint density at radius 2 is 1.38 bits per heavy atom. The number of para-hydroxylation sites is 2. The van der Waals surface area contributed by atoms with Crippen molar-refractivity contribution in [3.05, 3.63) is 106 Å². The summed E-state index contributed by atoms with van der Waals surface area (Å²) < 4.78 is 33.6. The fourth-order valence-electron chi connectivity index (χ4n) is 4.53. The maximum Gasteiger partial charge on any atom is 0.420 e. The highest BCUT2D eigenvalue weighted by Gasteiger charge is 2.29. The van der Waals surface area contributed by atoms with Gasteiger partial charge in [0.2, 0.25) is 5.91 Å². The number of aromatic nitrogens is 1. The quantitative estimate of drug-likeness (QED) is 0.452. The first-order valence-corrected chi connectivity index (χ1v) is 11.1. The molecule has 0 unspecified atom stereocenters. The SMILES string of the molecule is O=C(Cn1c(=O)oc2ccccc21)N1CCN(C(c2ccc(F)cc2)c2ccc(F)cc2)CC1. The molecule has 0 aliphatic carbocycles. The fourth-order valence-corrected chi connectivity index (χ4v) is 4.53. The molecular formula is C26H23F2N3O3. The number of nitrogens with zero attached hydrogens (tertiary/aromatic N) is 3. The normalized spacial score (nSPS) is 14.7. The Morgan fingerprint density at radius 1 is 0.824 bits per heavy atom. The Bertz CT molecular complexity index is 1310. The summed E-state index contributed by atoms with van der Waals surface area (Å²) in [5.41, 5.74) is 2.83. The molecule has 8 heteroatoms. The van der Waals surface area contributed by atoms with Crippen molar-refractivity contribution < 1.29 is 18.0 Å². The lowest BCUT2D eigenvalue weighted by molar-refractivity contribution is -0.133. The zero-order valence-electron chi connectivity index (χ0n) is 18.4. The smallest absolute Gasteiger partial charge is 0.408 e. The first-order valence-electron chi connectivity index (χ1n) is 11.1. The third-order valence-electron chi connectivity index (χ3n) is 6.27. The number of fused-ring (bicyclic) bond motifs is 1. The second-order valence-corrected chi connectivity index (χ2v) is 8.34. The number of hydrogen-bond donors (Lipinski definition) is 0. The van der Waals surface area contributed by atoms with Crippen LogP contribution in [-0.4, -0.2) is 46.5 Å². The van der Waals surface area contributed by atoms with E-state index in [4.69, 9.17) is 4.42 Å². The number of benzene rings is 3. The largest absolute Gasteiger partial charge is 0.420 e. The third kappa shape index (κ3) is 4.36. The van der Waals surface area contributed by atoms with Crippen LogP contribution in [0.25, 0.3) is 11.1 Å². The first-order chi connectivity index (χ1) is 16.5. The van der Waals surface area contributed by atoms with Crippen LogP contribution in [0.5, 0.6) is 0 Å². The molecule has 0 saturated carbocycles. The van der Waals surface area contributed by atoms with E-state index in [-0.39, 0.29) is 30.1 Å². The Hall–Kier alpha value is -3.78. The summed E-state index contributed by atoms with van der Waals surface area (Å²) in [6.45, 7) is 2.01. The monoisotopic (exact) mass is 463 g/mol. The van der Waals surface area contributed by atoms with Crippen molar-refractivity contribution in [1.29, 1.82) is 0 Å². The van der Waals surface area contributed by atoms with Gasteiger partial charge in [0, 0.05) is 26.2 Å². The average Bonchev–Trinajstić information content (AvgIpc) is 3.17. The van der Waals surface area contributed by atoms with Crippen LogP contribution in [0, 0.1) is 11.6 Å². The molecule has 3 aromatic carbocycles. The zero-order chi connectivity index (χ0) is 23.7. The molecule has 34 heavy (non-hydrogen) atoms. The van der Waals surface area contributed by atoms with E-state index in [9.17, 15) is 18.4 Å². The summed E-state index contributed by atoms with van der Waals surface area (Å²) in [6.07, 6.45) is 0. The van der Waals surface area contributed by atoms with E-state index in [1.807, 2.05) is 0 Å². The molecule has 4 aromatic rings. The molecule has 1 fully saturated rings. The van der Waals surface area contributed by atoms with Gasteiger partial charge in [-0.25, -0.2) is 13.6 Å². The Kier molecular flexibility index (Phi) is 5.98. The molecule has 1 saturated heterocycles. The molecule has 0 spiro atoms. The van der Waals surface area contributed by atoms with Crippen LogP contribution < -0.4 is 5.76 Å². The highest BCUT2D eigenvalue weighted by molar-refractivity contribution is 5.79. The minimum Gasteiger partial charge on any atom is -0.408 e. The van der Waals surface area contributed by atoms with Crippen LogP contribution in [-0.2, 0) is 11.3 Å². The van der Waals surface area contributed by atoms with Gasteiger partial charge < -0.3 is 9.32 Å². The minimum absolute atomic E-state index is 0.0881. The van der Waals surface area contributed by atoms with E-state index in [1.54, 1.807) is 53.4 Å². The molecule has 1 amide bonds. The van der Waals surface area contributed by atoms with Gasteiger partial charge in [-0.05, 0) is 47.5 Å². The van der Waals surface area contributed by atoms with Crippen molar-refractivity contribution in [1.82, 2.24) is 14.4 Å². The van der Waals surface area contributed by atoms with Crippen molar-refractivity contribution in [3.63, 3.8) is 0 Å². The molecule has 2 heterocycles. The molecule has 1 aromatic heterocycles. The lowest BCUT2D eigenvalue weighted by Crippen LogP contribution is -2.50. The summed E-state index contributed by atoms with van der Waals surface area (Å²) in [5.74, 6) is -1.35. The van der Waals surface area contributed by atoms with Crippen LogP contribution in [0.2, 0.25) is 0 Å². The molecule has 1 aliphatic rings. The number of amides is 1. The van der Waals surface area contributed by atoms with Gasteiger partial charge in [0.05, 0.1) is 11.6 Å². The van der Waals surface area contributed by atoms with Gasteiger partial charge in [-0.1, -0.05) is 36.4 Å². The van der Waals surface area contributed by atoms with E-state index in [0.717, 1.165) is 11.1 Å². The van der Waals surface area contributed by atoms with Crippen molar-refractivity contribution in [3.8, 4) is 0 Å². The maximum atomic E-state index is 13.5. The number of piperazine rings is 1. The minimum atomic E-state index is -0.555. The number of rotatable bonds is 5. The number of carbonyl (C=O) groups excluding carboxylic acids is 1. The number of hydrogen-bond acceptors (Lipinski definition) is 4. The molecule has 174 valence electrons. The molecule has 0 N–H and O–H groups in total. The molecule has 0 atom stereocenters.